The number of methoxy groups -OCH3 is 1. The fourth-order valence-electron chi connectivity index (χ4n) is 3.27. The van der Waals surface area contributed by atoms with Crippen LogP contribution in [-0.2, 0) is 27.5 Å². The van der Waals surface area contributed by atoms with Gasteiger partial charge in [-0.15, -0.1) is 11.3 Å². The van der Waals surface area contributed by atoms with Gasteiger partial charge in [-0.05, 0) is 55.5 Å². The Balaban J connectivity index is 1.66. The van der Waals surface area contributed by atoms with Crippen molar-refractivity contribution in [1.29, 1.82) is 5.26 Å². The van der Waals surface area contributed by atoms with Crippen LogP contribution >= 0.6 is 11.3 Å². The van der Waals surface area contributed by atoms with Gasteiger partial charge < -0.3 is 10.1 Å². The van der Waals surface area contributed by atoms with Gasteiger partial charge in [0.1, 0.15) is 16.8 Å². The molecular weight excluding hydrogens is 396 g/mol. The maximum atomic E-state index is 12.4. The summed E-state index contributed by atoms with van der Waals surface area (Å²) in [5.41, 5.74) is 1.58. The molecule has 2 aromatic rings. The molecule has 28 heavy (non-hydrogen) atoms. The zero-order valence-corrected chi connectivity index (χ0v) is 17.3. The summed E-state index contributed by atoms with van der Waals surface area (Å²) in [7, 11) is -2.07. The molecule has 1 N–H and O–H groups in total. The quantitative estimate of drug-likeness (QED) is 0.722. The minimum atomic E-state index is -3.57. The van der Waals surface area contributed by atoms with Gasteiger partial charge in [0.2, 0.25) is 5.91 Å². The summed E-state index contributed by atoms with van der Waals surface area (Å²) in [6.07, 6.45) is 4.91. The lowest BCUT2D eigenvalue weighted by molar-refractivity contribution is -0.115. The van der Waals surface area contributed by atoms with E-state index in [0.717, 1.165) is 42.5 Å². The van der Waals surface area contributed by atoms with Crippen molar-refractivity contribution >= 4 is 32.1 Å². The van der Waals surface area contributed by atoms with E-state index in [1.165, 1.54) is 30.6 Å². The minimum Gasteiger partial charge on any atom is -0.497 e. The second kappa shape index (κ2) is 8.76. The van der Waals surface area contributed by atoms with Gasteiger partial charge in [-0.2, -0.15) is 5.26 Å². The molecule has 0 saturated carbocycles. The number of ether oxygens (including phenoxy) is 1. The predicted octanol–water partition coefficient (Wildman–Crippen LogP) is 3.70. The summed E-state index contributed by atoms with van der Waals surface area (Å²) in [4.78, 5) is 13.7. The molecule has 0 radical (unpaired) electrons. The number of nitrogens with zero attached hydrogens (tertiary/aromatic N) is 1. The number of hydrogen-bond donors (Lipinski definition) is 1. The Labute approximate surface area is 169 Å². The fourth-order valence-corrected chi connectivity index (χ4v) is 5.76. The number of fused-ring (bicyclic) bond motifs is 1. The molecule has 0 spiro atoms. The number of anilines is 1. The molecule has 1 aromatic heterocycles. The van der Waals surface area contributed by atoms with Crippen molar-refractivity contribution in [1.82, 2.24) is 0 Å². The number of amides is 1. The van der Waals surface area contributed by atoms with Crippen molar-refractivity contribution < 1.29 is 17.9 Å². The largest absolute Gasteiger partial charge is 0.497 e. The van der Waals surface area contributed by atoms with E-state index in [2.05, 4.69) is 11.4 Å². The summed E-state index contributed by atoms with van der Waals surface area (Å²) in [6.45, 7) is 0. The van der Waals surface area contributed by atoms with E-state index in [-0.39, 0.29) is 17.1 Å². The van der Waals surface area contributed by atoms with Crippen molar-refractivity contribution in [3.63, 3.8) is 0 Å². The lowest BCUT2D eigenvalue weighted by atomic mass is 10.1. The molecule has 0 bridgehead atoms. The molecule has 0 atom stereocenters. The highest BCUT2D eigenvalue weighted by Gasteiger charge is 2.22. The van der Waals surface area contributed by atoms with Crippen LogP contribution in [0.2, 0.25) is 0 Å². The number of hydrogen-bond acceptors (Lipinski definition) is 6. The first-order valence-corrected chi connectivity index (χ1v) is 11.6. The number of carbonyl (C=O) groups is 1. The molecule has 0 aliphatic heterocycles. The maximum absolute atomic E-state index is 12.4. The highest BCUT2D eigenvalue weighted by molar-refractivity contribution is 7.91. The van der Waals surface area contributed by atoms with Crippen LogP contribution in [0.4, 0.5) is 5.00 Å². The monoisotopic (exact) mass is 418 g/mol. The first-order valence-electron chi connectivity index (χ1n) is 9.16. The van der Waals surface area contributed by atoms with Gasteiger partial charge in [0.25, 0.3) is 0 Å². The van der Waals surface area contributed by atoms with Crippen molar-refractivity contribution in [2.24, 2.45) is 0 Å². The van der Waals surface area contributed by atoms with E-state index in [1.807, 2.05) is 0 Å². The normalized spacial score (nSPS) is 13.9. The Bertz CT molecular complexity index is 1000. The van der Waals surface area contributed by atoms with E-state index < -0.39 is 15.7 Å². The zero-order valence-electron chi connectivity index (χ0n) is 15.7. The van der Waals surface area contributed by atoms with Gasteiger partial charge in [-0.25, -0.2) is 8.42 Å². The lowest BCUT2D eigenvalue weighted by Crippen LogP contribution is -2.17. The molecular formula is C20H22N2O4S2. The van der Waals surface area contributed by atoms with Crippen molar-refractivity contribution in [2.75, 3.05) is 18.2 Å². The molecule has 1 heterocycles. The number of nitrogens with one attached hydrogen (secondary N) is 1. The Kier molecular flexibility index (Phi) is 6.37. The predicted molar refractivity (Wildman–Crippen MR) is 109 cm³/mol. The molecule has 1 aliphatic rings. The summed E-state index contributed by atoms with van der Waals surface area (Å²) in [6, 6.07) is 8.30. The smallest absolute Gasteiger partial charge is 0.226 e. The third-order valence-electron chi connectivity index (χ3n) is 4.80. The Morgan fingerprint density at radius 2 is 1.93 bits per heavy atom. The third-order valence-corrected chi connectivity index (χ3v) is 7.74. The van der Waals surface area contributed by atoms with E-state index in [0.29, 0.717) is 16.3 Å². The molecule has 6 nitrogen and oxygen atoms in total. The Morgan fingerprint density at radius 1 is 1.21 bits per heavy atom. The number of benzene rings is 1. The zero-order chi connectivity index (χ0) is 20.1. The van der Waals surface area contributed by atoms with E-state index in [1.54, 1.807) is 12.1 Å². The summed E-state index contributed by atoms with van der Waals surface area (Å²) < 4.78 is 29.9. The number of sulfone groups is 1. The van der Waals surface area contributed by atoms with Crippen LogP contribution in [0.15, 0.2) is 29.2 Å². The second-order valence-electron chi connectivity index (χ2n) is 6.67. The Hall–Kier alpha value is -2.37. The molecule has 1 aromatic carbocycles. The van der Waals surface area contributed by atoms with Crippen molar-refractivity contribution in [2.45, 2.75) is 43.4 Å². The molecule has 0 saturated heterocycles. The molecule has 1 aliphatic carbocycles. The highest BCUT2D eigenvalue weighted by atomic mass is 32.2. The van der Waals surface area contributed by atoms with Crippen molar-refractivity contribution in [3.8, 4) is 11.8 Å². The molecule has 1 amide bonds. The molecule has 0 unspecified atom stereocenters. The van der Waals surface area contributed by atoms with Gasteiger partial charge in [-0.3, -0.25) is 4.79 Å². The van der Waals surface area contributed by atoms with E-state index >= 15 is 0 Å². The summed E-state index contributed by atoms with van der Waals surface area (Å²) >= 11 is 1.44. The lowest BCUT2D eigenvalue weighted by Gasteiger charge is -2.07. The molecule has 148 valence electrons. The first kappa shape index (κ1) is 20.4. The summed E-state index contributed by atoms with van der Waals surface area (Å²) in [5, 5.41) is 12.8. The third kappa shape index (κ3) is 4.54. The minimum absolute atomic E-state index is 0.154. The topological polar surface area (TPSA) is 96.3 Å². The summed E-state index contributed by atoms with van der Waals surface area (Å²) in [5.74, 6) is -0.124. The average molecular weight is 419 g/mol. The van der Waals surface area contributed by atoms with Crippen LogP contribution in [0.1, 0.15) is 41.7 Å². The average Bonchev–Trinajstić information content (AvgIpc) is 2.85. The van der Waals surface area contributed by atoms with Gasteiger partial charge in [-0.1, -0.05) is 6.42 Å². The Morgan fingerprint density at radius 3 is 2.61 bits per heavy atom. The fraction of sp³-hybridized carbons (Fsp3) is 0.400. The number of aryl methyl sites for hydroxylation is 1. The maximum Gasteiger partial charge on any atom is 0.226 e. The van der Waals surface area contributed by atoms with Crippen molar-refractivity contribution in [3.05, 3.63) is 40.3 Å². The number of rotatable bonds is 6. The van der Waals surface area contributed by atoms with Gasteiger partial charge in [0.15, 0.2) is 9.84 Å². The van der Waals surface area contributed by atoms with Crippen LogP contribution < -0.4 is 10.1 Å². The molecule has 0 fully saturated rings. The van der Waals surface area contributed by atoms with Gasteiger partial charge in [0, 0.05) is 11.3 Å². The number of thiophene rings is 1. The first-order chi connectivity index (χ1) is 13.4. The van der Waals surface area contributed by atoms with E-state index in [4.69, 9.17) is 4.74 Å². The van der Waals surface area contributed by atoms with E-state index in [9.17, 15) is 18.5 Å². The molecule has 3 rings (SSSR count). The number of nitriles is 1. The second-order valence-corrected chi connectivity index (χ2v) is 9.89. The van der Waals surface area contributed by atoms with Crippen LogP contribution in [0.25, 0.3) is 0 Å². The number of carbonyl (C=O) groups excluding carboxylic acids is 1. The van der Waals surface area contributed by atoms with Gasteiger partial charge in [0.05, 0.1) is 23.3 Å². The van der Waals surface area contributed by atoms with Crippen LogP contribution in [-0.4, -0.2) is 27.2 Å². The van der Waals surface area contributed by atoms with Crippen LogP contribution in [0.3, 0.4) is 0 Å². The van der Waals surface area contributed by atoms with Crippen LogP contribution in [0.5, 0.6) is 5.75 Å². The standard InChI is InChI=1S/C20H22N2O4S2/c1-26-14-7-9-15(10-8-14)28(24,25)12-11-19(23)22-20-17(13-21)16-5-3-2-4-6-18(16)27-20/h7-10H,2-6,11-12H2,1H3,(H,22,23). The SMILES string of the molecule is COc1ccc(S(=O)(=O)CCC(=O)Nc2sc3c(c2C#N)CCCCC3)cc1. The van der Waals surface area contributed by atoms with Gasteiger partial charge >= 0.3 is 0 Å². The van der Waals surface area contributed by atoms with Crippen LogP contribution in [0, 0.1) is 11.3 Å². The molecule has 8 heteroatoms. The highest BCUT2D eigenvalue weighted by Crippen LogP contribution is 2.37.